The first-order valence-electron chi connectivity index (χ1n) is 9.55. The molecule has 2 fully saturated rings. The van der Waals surface area contributed by atoms with Crippen LogP contribution in [0, 0.1) is 5.41 Å². The molecule has 2 aliphatic rings. The van der Waals surface area contributed by atoms with Crippen LogP contribution in [0.5, 0.6) is 5.75 Å². The average Bonchev–Trinajstić information content (AvgIpc) is 2.73. The highest BCUT2D eigenvalue weighted by molar-refractivity contribution is 5.83. The van der Waals surface area contributed by atoms with E-state index in [1.54, 1.807) is 7.11 Å². The maximum Gasteiger partial charge on any atom is 0.230 e. The summed E-state index contributed by atoms with van der Waals surface area (Å²) < 4.78 is 10.9. The summed E-state index contributed by atoms with van der Waals surface area (Å²) in [6.45, 7) is 7.11. The quantitative estimate of drug-likeness (QED) is 0.864. The largest absolute Gasteiger partial charge is 0.496 e. The molecule has 144 valence electrons. The van der Waals surface area contributed by atoms with E-state index in [4.69, 9.17) is 15.2 Å². The van der Waals surface area contributed by atoms with Crippen LogP contribution in [0.4, 0.5) is 0 Å². The molecule has 1 unspecified atom stereocenters. The second-order valence-electron chi connectivity index (χ2n) is 7.34. The summed E-state index contributed by atoms with van der Waals surface area (Å²) in [6, 6.07) is 8.42. The van der Waals surface area contributed by atoms with Crippen LogP contribution in [-0.4, -0.2) is 68.8 Å². The Morgan fingerprint density at radius 3 is 2.50 bits per heavy atom. The van der Waals surface area contributed by atoms with E-state index >= 15 is 0 Å². The topological polar surface area (TPSA) is 68.0 Å². The van der Waals surface area contributed by atoms with Crippen molar-refractivity contribution in [2.24, 2.45) is 11.1 Å². The van der Waals surface area contributed by atoms with Crippen molar-refractivity contribution in [2.45, 2.75) is 25.8 Å². The zero-order valence-electron chi connectivity index (χ0n) is 15.9. The lowest BCUT2D eigenvalue weighted by Gasteiger charge is -2.43. The van der Waals surface area contributed by atoms with E-state index < -0.39 is 5.41 Å². The minimum absolute atomic E-state index is 0.216. The molecule has 0 bridgehead atoms. The van der Waals surface area contributed by atoms with E-state index in [2.05, 4.69) is 17.9 Å². The van der Waals surface area contributed by atoms with Crippen molar-refractivity contribution in [2.75, 3.05) is 53.0 Å². The molecule has 6 nitrogen and oxygen atoms in total. The van der Waals surface area contributed by atoms with E-state index in [0.717, 1.165) is 44.8 Å². The van der Waals surface area contributed by atoms with Gasteiger partial charge in [-0.1, -0.05) is 18.2 Å². The van der Waals surface area contributed by atoms with Gasteiger partial charge in [-0.3, -0.25) is 9.69 Å². The van der Waals surface area contributed by atoms with Crippen molar-refractivity contribution in [3.05, 3.63) is 29.8 Å². The number of carbonyl (C=O) groups excluding carboxylic acids is 1. The zero-order chi connectivity index (χ0) is 18.6. The van der Waals surface area contributed by atoms with Crippen LogP contribution in [0.25, 0.3) is 0 Å². The Balaban J connectivity index is 1.62. The molecule has 0 saturated carbocycles. The van der Waals surface area contributed by atoms with Crippen LogP contribution in [-0.2, 0) is 9.53 Å². The molecule has 0 aromatic heterocycles. The number of hydrogen-bond donors (Lipinski definition) is 1. The average molecular weight is 361 g/mol. The number of benzene rings is 1. The van der Waals surface area contributed by atoms with Crippen molar-refractivity contribution >= 4 is 5.91 Å². The number of methoxy groups -OCH3 is 1. The van der Waals surface area contributed by atoms with Crippen LogP contribution < -0.4 is 10.5 Å². The van der Waals surface area contributed by atoms with E-state index in [0.29, 0.717) is 19.8 Å². The van der Waals surface area contributed by atoms with Crippen molar-refractivity contribution in [1.29, 1.82) is 0 Å². The lowest BCUT2D eigenvalue weighted by atomic mass is 9.78. The molecule has 0 aliphatic carbocycles. The van der Waals surface area contributed by atoms with E-state index in [9.17, 15) is 4.79 Å². The van der Waals surface area contributed by atoms with Gasteiger partial charge in [-0.15, -0.1) is 0 Å². The number of nitrogens with two attached hydrogens (primary N) is 1. The van der Waals surface area contributed by atoms with Crippen LogP contribution in [0.3, 0.4) is 0 Å². The van der Waals surface area contributed by atoms with Gasteiger partial charge in [-0.2, -0.15) is 0 Å². The highest BCUT2D eigenvalue weighted by Gasteiger charge is 2.42. The monoisotopic (exact) mass is 361 g/mol. The van der Waals surface area contributed by atoms with Gasteiger partial charge in [0.2, 0.25) is 5.91 Å². The summed E-state index contributed by atoms with van der Waals surface area (Å²) in [5.74, 6) is 1.13. The molecule has 2 saturated heterocycles. The van der Waals surface area contributed by atoms with E-state index in [1.807, 2.05) is 23.1 Å². The SMILES string of the molecule is COc1ccccc1C(C)N1CCN(C(=O)C2(CN)CCOCC2)CC1. The molecule has 2 heterocycles. The number of nitrogens with zero attached hydrogens (tertiary/aromatic N) is 2. The summed E-state index contributed by atoms with van der Waals surface area (Å²) in [6.07, 6.45) is 1.47. The fraction of sp³-hybridized carbons (Fsp3) is 0.650. The number of carbonyl (C=O) groups is 1. The fourth-order valence-corrected chi connectivity index (χ4v) is 4.12. The third kappa shape index (κ3) is 3.72. The number of rotatable bonds is 5. The predicted octanol–water partition coefficient (Wildman–Crippen LogP) is 1.66. The molecule has 26 heavy (non-hydrogen) atoms. The van der Waals surface area contributed by atoms with Crippen molar-refractivity contribution in [3.8, 4) is 5.75 Å². The third-order valence-electron chi connectivity index (χ3n) is 6.03. The van der Waals surface area contributed by atoms with Gasteiger partial charge in [0.25, 0.3) is 0 Å². The summed E-state index contributed by atoms with van der Waals surface area (Å²) in [7, 11) is 1.71. The normalized spacial score (nSPS) is 22.0. The standard InChI is InChI=1S/C20H31N3O3/c1-16(17-5-3-4-6-18(17)25-2)22-9-11-23(12-10-22)19(24)20(15-21)7-13-26-14-8-20/h3-6,16H,7-15,21H2,1-2H3. The lowest BCUT2D eigenvalue weighted by Crippen LogP contribution is -2.56. The highest BCUT2D eigenvalue weighted by atomic mass is 16.5. The van der Waals surface area contributed by atoms with Gasteiger partial charge in [0.15, 0.2) is 0 Å². The van der Waals surface area contributed by atoms with Gasteiger partial charge >= 0.3 is 0 Å². The van der Waals surface area contributed by atoms with Crippen molar-refractivity contribution in [1.82, 2.24) is 9.80 Å². The molecular formula is C20H31N3O3. The Morgan fingerprint density at radius 2 is 1.88 bits per heavy atom. The molecule has 0 spiro atoms. The Bertz CT molecular complexity index is 608. The number of hydrogen-bond acceptors (Lipinski definition) is 5. The van der Waals surface area contributed by atoms with Crippen LogP contribution in [0.15, 0.2) is 24.3 Å². The predicted molar refractivity (Wildman–Crippen MR) is 101 cm³/mol. The van der Waals surface area contributed by atoms with Crippen LogP contribution >= 0.6 is 0 Å². The van der Waals surface area contributed by atoms with Gasteiger partial charge in [0.1, 0.15) is 5.75 Å². The number of amides is 1. The molecule has 0 radical (unpaired) electrons. The van der Waals surface area contributed by atoms with Crippen LogP contribution in [0.2, 0.25) is 0 Å². The molecule has 6 heteroatoms. The molecule has 1 aromatic rings. The summed E-state index contributed by atoms with van der Waals surface area (Å²) in [4.78, 5) is 17.5. The first-order valence-corrected chi connectivity index (χ1v) is 9.55. The van der Waals surface area contributed by atoms with Gasteiger partial charge in [-0.25, -0.2) is 0 Å². The third-order valence-corrected chi connectivity index (χ3v) is 6.03. The first-order chi connectivity index (χ1) is 12.6. The van der Waals surface area contributed by atoms with Crippen LogP contribution in [0.1, 0.15) is 31.4 Å². The van der Waals surface area contributed by atoms with Gasteiger partial charge in [0.05, 0.1) is 12.5 Å². The van der Waals surface area contributed by atoms with E-state index in [-0.39, 0.29) is 11.9 Å². The first kappa shape index (κ1) is 19.1. The highest BCUT2D eigenvalue weighted by Crippen LogP contribution is 2.33. The van der Waals surface area contributed by atoms with Crippen molar-refractivity contribution in [3.63, 3.8) is 0 Å². The molecule has 1 atom stereocenters. The maximum absolute atomic E-state index is 13.1. The minimum Gasteiger partial charge on any atom is -0.496 e. The number of piperazine rings is 1. The second kappa shape index (κ2) is 8.37. The summed E-state index contributed by atoms with van der Waals surface area (Å²) >= 11 is 0. The minimum atomic E-state index is -0.422. The Labute approximate surface area is 156 Å². The fourth-order valence-electron chi connectivity index (χ4n) is 4.12. The molecule has 1 amide bonds. The van der Waals surface area contributed by atoms with Gasteiger partial charge in [-0.05, 0) is 25.8 Å². The second-order valence-corrected chi connectivity index (χ2v) is 7.34. The smallest absolute Gasteiger partial charge is 0.230 e. The Morgan fingerprint density at radius 1 is 1.23 bits per heavy atom. The molecule has 2 N–H and O–H groups in total. The van der Waals surface area contributed by atoms with Crippen molar-refractivity contribution < 1.29 is 14.3 Å². The maximum atomic E-state index is 13.1. The molecule has 1 aromatic carbocycles. The Kier molecular flexibility index (Phi) is 6.16. The van der Waals surface area contributed by atoms with Gasteiger partial charge < -0.3 is 20.1 Å². The Hall–Kier alpha value is -1.63. The molecule has 2 aliphatic heterocycles. The summed E-state index contributed by atoms with van der Waals surface area (Å²) in [5, 5.41) is 0. The summed E-state index contributed by atoms with van der Waals surface area (Å²) in [5.41, 5.74) is 6.77. The molecular weight excluding hydrogens is 330 g/mol. The van der Waals surface area contributed by atoms with E-state index in [1.165, 1.54) is 5.56 Å². The van der Waals surface area contributed by atoms with Gasteiger partial charge in [0, 0.05) is 57.5 Å². The zero-order valence-corrected chi connectivity index (χ0v) is 15.9. The number of ether oxygens (including phenoxy) is 2. The lowest BCUT2D eigenvalue weighted by molar-refractivity contribution is -0.149. The number of para-hydroxylation sites is 1. The molecule has 3 rings (SSSR count).